The second-order valence-corrected chi connectivity index (χ2v) is 6.06. The Balaban J connectivity index is 2.60. The highest BCUT2D eigenvalue weighted by atomic mass is 79.9. The van der Waals surface area contributed by atoms with Crippen molar-refractivity contribution in [3.63, 3.8) is 0 Å². The molecule has 0 atom stereocenters. The molecule has 0 unspecified atom stereocenters. The molecule has 19 heavy (non-hydrogen) atoms. The molecule has 106 valence electrons. The van der Waals surface area contributed by atoms with Gasteiger partial charge in [-0.1, -0.05) is 29.8 Å². The number of rotatable bonds is 6. The summed E-state index contributed by atoms with van der Waals surface area (Å²) >= 11 is 3.36. The number of nitrogens with one attached hydrogen (secondary N) is 1. The van der Waals surface area contributed by atoms with Crippen molar-refractivity contribution in [3.05, 3.63) is 35.4 Å². The zero-order valence-corrected chi connectivity index (χ0v) is 12.7. The standard InChI is InChI=1S/C14H18BrF2NO/c1-14(2,6-3-7-15)9-18-13(19)11-5-4-10(16)8-12(11)17/h4-5,8H,3,6-7,9H2,1-2H3,(H,18,19). The first-order chi connectivity index (χ1) is 8.85. The van der Waals surface area contributed by atoms with E-state index in [2.05, 4.69) is 21.2 Å². The van der Waals surface area contributed by atoms with Gasteiger partial charge in [0.15, 0.2) is 0 Å². The number of hydrogen-bond donors (Lipinski definition) is 1. The molecule has 0 saturated carbocycles. The summed E-state index contributed by atoms with van der Waals surface area (Å²) in [6.45, 7) is 4.53. The van der Waals surface area contributed by atoms with Crippen molar-refractivity contribution in [2.24, 2.45) is 5.41 Å². The van der Waals surface area contributed by atoms with E-state index in [1.54, 1.807) is 0 Å². The van der Waals surface area contributed by atoms with E-state index in [-0.39, 0.29) is 11.0 Å². The van der Waals surface area contributed by atoms with Crippen LogP contribution in [0, 0.1) is 17.0 Å². The number of carbonyl (C=O) groups is 1. The Kier molecular flexibility index (Phi) is 5.91. The number of halogens is 3. The first-order valence-corrected chi connectivity index (χ1v) is 7.27. The molecule has 1 rings (SSSR count). The van der Waals surface area contributed by atoms with Crippen LogP contribution in [0.1, 0.15) is 37.0 Å². The van der Waals surface area contributed by atoms with Crippen LogP contribution in [0.5, 0.6) is 0 Å². The third-order valence-electron chi connectivity index (χ3n) is 2.89. The Morgan fingerprint density at radius 2 is 2.05 bits per heavy atom. The van der Waals surface area contributed by atoms with Gasteiger partial charge in [0.05, 0.1) is 5.56 Å². The summed E-state index contributed by atoms with van der Waals surface area (Å²) in [4.78, 5) is 11.8. The summed E-state index contributed by atoms with van der Waals surface area (Å²) in [5.74, 6) is -2.04. The minimum Gasteiger partial charge on any atom is -0.351 e. The van der Waals surface area contributed by atoms with Crippen LogP contribution in [-0.4, -0.2) is 17.8 Å². The summed E-state index contributed by atoms with van der Waals surface area (Å²) in [7, 11) is 0. The van der Waals surface area contributed by atoms with Crippen molar-refractivity contribution in [1.82, 2.24) is 5.32 Å². The van der Waals surface area contributed by atoms with Crippen LogP contribution in [-0.2, 0) is 0 Å². The third-order valence-corrected chi connectivity index (χ3v) is 3.45. The van der Waals surface area contributed by atoms with E-state index in [0.29, 0.717) is 12.6 Å². The SMILES string of the molecule is CC(C)(CCCBr)CNC(=O)c1ccc(F)cc1F. The summed E-state index contributed by atoms with van der Waals surface area (Å²) in [5.41, 5.74) is -0.183. The predicted molar refractivity (Wildman–Crippen MR) is 75.5 cm³/mol. The van der Waals surface area contributed by atoms with Crippen LogP contribution in [0.25, 0.3) is 0 Å². The van der Waals surface area contributed by atoms with Gasteiger partial charge in [0, 0.05) is 17.9 Å². The van der Waals surface area contributed by atoms with Crippen LogP contribution in [0.15, 0.2) is 18.2 Å². The predicted octanol–water partition coefficient (Wildman–Crippen LogP) is 3.90. The van der Waals surface area contributed by atoms with E-state index in [0.717, 1.165) is 30.3 Å². The molecule has 1 aromatic rings. The first-order valence-electron chi connectivity index (χ1n) is 6.15. The lowest BCUT2D eigenvalue weighted by atomic mass is 9.88. The largest absolute Gasteiger partial charge is 0.351 e. The second kappa shape index (κ2) is 6.98. The maximum atomic E-state index is 13.4. The van der Waals surface area contributed by atoms with Gasteiger partial charge in [-0.3, -0.25) is 4.79 Å². The van der Waals surface area contributed by atoms with Crippen molar-refractivity contribution < 1.29 is 13.6 Å². The minimum atomic E-state index is -0.837. The molecule has 0 fully saturated rings. The third kappa shape index (κ3) is 5.27. The van der Waals surface area contributed by atoms with Crippen molar-refractivity contribution >= 4 is 21.8 Å². The topological polar surface area (TPSA) is 29.1 Å². The highest BCUT2D eigenvalue weighted by Gasteiger charge is 2.20. The summed E-state index contributed by atoms with van der Waals surface area (Å²) < 4.78 is 26.2. The summed E-state index contributed by atoms with van der Waals surface area (Å²) in [6, 6.07) is 2.95. The van der Waals surface area contributed by atoms with Gasteiger partial charge in [0.1, 0.15) is 11.6 Å². The number of carbonyl (C=O) groups excluding carboxylic acids is 1. The molecular weight excluding hydrogens is 316 g/mol. The van der Waals surface area contributed by atoms with Crippen LogP contribution in [0.2, 0.25) is 0 Å². The molecule has 0 aliphatic rings. The van der Waals surface area contributed by atoms with E-state index in [4.69, 9.17) is 0 Å². The minimum absolute atomic E-state index is 0.0556. The zero-order chi connectivity index (χ0) is 14.5. The lowest BCUT2D eigenvalue weighted by molar-refractivity contribution is 0.0930. The number of benzene rings is 1. The highest BCUT2D eigenvalue weighted by Crippen LogP contribution is 2.22. The summed E-state index contributed by atoms with van der Waals surface area (Å²) in [5, 5.41) is 3.61. The Hall–Kier alpha value is -0.970. The molecule has 5 heteroatoms. The molecule has 0 aliphatic heterocycles. The molecule has 1 N–H and O–H groups in total. The highest BCUT2D eigenvalue weighted by molar-refractivity contribution is 9.09. The van der Waals surface area contributed by atoms with Gasteiger partial charge in [-0.05, 0) is 30.4 Å². The Morgan fingerprint density at radius 1 is 1.37 bits per heavy atom. The first kappa shape index (κ1) is 16.1. The molecule has 1 aromatic carbocycles. The molecule has 0 heterocycles. The fourth-order valence-corrected chi connectivity index (χ4v) is 2.00. The van der Waals surface area contributed by atoms with Crippen molar-refractivity contribution in [2.75, 3.05) is 11.9 Å². The number of hydrogen-bond acceptors (Lipinski definition) is 1. The van der Waals surface area contributed by atoms with E-state index >= 15 is 0 Å². The maximum absolute atomic E-state index is 13.4. The normalized spacial score (nSPS) is 11.4. The molecule has 0 bridgehead atoms. The molecule has 0 aliphatic carbocycles. The van der Waals surface area contributed by atoms with E-state index < -0.39 is 17.5 Å². The van der Waals surface area contributed by atoms with Crippen molar-refractivity contribution in [2.45, 2.75) is 26.7 Å². The average Bonchev–Trinajstić information content (AvgIpc) is 2.34. The number of alkyl halides is 1. The zero-order valence-electron chi connectivity index (χ0n) is 11.1. The monoisotopic (exact) mass is 333 g/mol. The van der Waals surface area contributed by atoms with Crippen LogP contribution >= 0.6 is 15.9 Å². The molecule has 0 aromatic heterocycles. The lowest BCUT2D eigenvalue weighted by Gasteiger charge is -2.24. The Morgan fingerprint density at radius 3 is 2.63 bits per heavy atom. The maximum Gasteiger partial charge on any atom is 0.254 e. The van der Waals surface area contributed by atoms with E-state index in [1.165, 1.54) is 0 Å². The van der Waals surface area contributed by atoms with Gasteiger partial charge in [0.2, 0.25) is 0 Å². The fourth-order valence-electron chi connectivity index (χ4n) is 1.72. The van der Waals surface area contributed by atoms with Crippen molar-refractivity contribution in [1.29, 1.82) is 0 Å². The molecule has 0 radical (unpaired) electrons. The van der Waals surface area contributed by atoms with Crippen LogP contribution in [0.3, 0.4) is 0 Å². The lowest BCUT2D eigenvalue weighted by Crippen LogP contribution is -2.34. The Bertz CT molecular complexity index is 449. The Labute approximate surface area is 120 Å². The van der Waals surface area contributed by atoms with Gasteiger partial charge in [-0.25, -0.2) is 8.78 Å². The van der Waals surface area contributed by atoms with Crippen LogP contribution < -0.4 is 5.32 Å². The van der Waals surface area contributed by atoms with Gasteiger partial charge in [-0.2, -0.15) is 0 Å². The molecular formula is C14H18BrF2NO. The number of amides is 1. The molecule has 2 nitrogen and oxygen atoms in total. The average molecular weight is 334 g/mol. The molecule has 0 spiro atoms. The van der Waals surface area contributed by atoms with Crippen molar-refractivity contribution in [3.8, 4) is 0 Å². The molecule has 0 saturated heterocycles. The second-order valence-electron chi connectivity index (χ2n) is 5.26. The molecule has 1 amide bonds. The summed E-state index contributed by atoms with van der Waals surface area (Å²) in [6.07, 6.45) is 1.96. The quantitative estimate of drug-likeness (QED) is 0.786. The van der Waals surface area contributed by atoms with Gasteiger partial charge >= 0.3 is 0 Å². The van der Waals surface area contributed by atoms with Gasteiger partial charge in [0.25, 0.3) is 5.91 Å². The van der Waals surface area contributed by atoms with E-state index in [1.807, 2.05) is 13.8 Å². The van der Waals surface area contributed by atoms with Gasteiger partial charge in [-0.15, -0.1) is 0 Å². The van der Waals surface area contributed by atoms with E-state index in [9.17, 15) is 13.6 Å². The fraction of sp³-hybridized carbons (Fsp3) is 0.500. The van der Waals surface area contributed by atoms with Gasteiger partial charge < -0.3 is 5.32 Å². The smallest absolute Gasteiger partial charge is 0.254 e. The van der Waals surface area contributed by atoms with Crippen LogP contribution in [0.4, 0.5) is 8.78 Å².